The summed E-state index contributed by atoms with van der Waals surface area (Å²) >= 11 is 0. The first-order chi connectivity index (χ1) is 11.1. The molecular formula is C13HF9O2. The Labute approximate surface area is 126 Å². The van der Waals surface area contributed by atoms with Gasteiger partial charge in [-0.2, -0.15) is 8.78 Å². The maximum Gasteiger partial charge on any atom is 0.349 e. The molecule has 0 aliphatic carbocycles. The van der Waals surface area contributed by atoms with E-state index in [-0.39, 0.29) is 6.07 Å². The number of rotatable bonds is 2. The zero-order chi connectivity index (χ0) is 18.3. The first-order valence-electron chi connectivity index (χ1n) is 5.64. The van der Waals surface area contributed by atoms with Gasteiger partial charge in [-0.1, -0.05) is 0 Å². The van der Waals surface area contributed by atoms with Crippen molar-refractivity contribution in [3.8, 4) is 5.75 Å². The minimum Gasteiger partial charge on any atom is -0.416 e. The van der Waals surface area contributed by atoms with Gasteiger partial charge in [-0.15, -0.1) is 0 Å². The van der Waals surface area contributed by atoms with Crippen molar-refractivity contribution in [1.82, 2.24) is 0 Å². The van der Waals surface area contributed by atoms with E-state index in [4.69, 9.17) is 0 Å². The fraction of sp³-hybridized carbons (Fsp3) is 0. The quantitative estimate of drug-likeness (QED) is 0.265. The van der Waals surface area contributed by atoms with Gasteiger partial charge in [-0.05, 0) is 0 Å². The lowest BCUT2D eigenvalue weighted by Gasteiger charge is -2.10. The summed E-state index contributed by atoms with van der Waals surface area (Å²) < 4.78 is 122. The van der Waals surface area contributed by atoms with Crippen LogP contribution in [-0.4, -0.2) is 5.97 Å². The summed E-state index contributed by atoms with van der Waals surface area (Å²) in [5.74, 6) is -26.1. The van der Waals surface area contributed by atoms with Gasteiger partial charge in [0.2, 0.25) is 23.2 Å². The molecule has 0 spiro atoms. The van der Waals surface area contributed by atoms with E-state index >= 15 is 0 Å². The van der Waals surface area contributed by atoms with Crippen molar-refractivity contribution in [1.29, 1.82) is 0 Å². The molecule has 2 aromatic carbocycles. The van der Waals surface area contributed by atoms with Crippen molar-refractivity contribution < 1.29 is 49.0 Å². The Balaban J connectivity index is 2.58. The number of carbonyl (C=O) groups is 1. The van der Waals surface area contributed by atoms with E-state index in [9.17, 15) is 44.3 Å². The maximum atomic E-state index is 13.4. The molecule has 0 unspecified atom stereocenters. The van der Waals surface area contributed by atoms with Crippen molar-refractivity contribution in [3.05, 3.63) is 64.0 Å². The first-order valence-corrected chi connectivity index (χ1v) is 5.64. The van der Waals surface area contributed by atoms with E-state index in [2.05, 4.69) is 4.74 Å². The molecule has 2 nitrogen and oxygen atoms in total. The van der Waals surface area contributed by atoms with Gasteiger partial charge in [-0.25, -0.2) is 35.5 Å². The fourth-order valence-electron chi connectivity index (χ4n) is 1.57. The number of hydrogen-bond donors (Lipinski definition) is 0. The third-order valence-corrected chi connectivity index (χ3v) is 2.68. The van der Waals surface area contributed by atoms with E-state index in [1.54, 1.807) is 0 Å². The van der Waals surface area contributed by atoms with Crippen LogP contribution in [0, 0.1) is 52.4 Å². The largest absolute Gasteiger partial charge is 0.416 e. The van der Waals surface area contributed by atoms with Gasteiger partial charge in [0.25, 0.3) is 0 Å². The summed E-state index contributed by atoms with van der Waals surface area (Å²) in [5, 5.41) is 0. The monoisotopic (exact) mass is 359 g/mol. The van der Waals surface area contributed by atoms with E-state index in [1.807, 2.05) is 0 Å². The van der Waals surface area contributed by atoms with Gasteiger partial charge in [0.05, 0.1) is 0 Å². The van der Waals surface area contributed by atoms with E-state index in [1.165, 1.54) is 0 Å². The second-order valence-electron chi connectivity index (χ2n) is 4.13. The molecule has 0 saturated heterocycles. The van der Waals surface area contributed by atoms with Crippen LogP contribution in [0.5, 0.6) is 5.75 Å². The van der Waals surface area contributed by atoms with E-state index < -0.39 is 69.6 Å². The summed E-state index contributed by atoms with van der Waals surface area (Å²) in [4.78, 5) is 11.5. The average molecular weight is 359 g/mol. The van der Waals surface area contributed by atoms with Crippen molar-refractivity contribution in [2.45, 2.75) is 0 Å². The predicted octanol–water partition coefficient (Wildman–Crippen LogP) is 4.16. The molecule has 0 heterocycles. The highest BCUT2D eigenvalue weighted by molar-refractivity contribution is 5.91. The Bertz CT molecular complexity index is 808. The summed E-state index contributed by atoms with van der Waals surface area (Å²) in [6.45, 7) is 0. The topological polar surface area (TPSA) is 26.3 Å². The van der Waals surface area contributed by atoms with Gasteiger partial charge in [0.1, 0.15) is 5.56 Å². The molecule has 0 atom stereocenters. The van der Waals surface area contributed by atoms with Gasteiger partial charge in [-0.3, -0.25) is 0 Å². The highest BCUT2D eigenvalue weighted by Gasteiger charge is 2.32. The maximum absolute atomic E-state index is 13.4. The number of ether oxygens (including phenoxy) is 1. The molecular weight excluding hydrogens is 358 g/mol. The van der Waals surface area contributed by atoms with Gasteiger partial charge in [0.15, 0.2) is 34.9 Å². The van der Waals surface area contributed by atoms with E-state index in [0.29, 0.717) is 0 Å². The molecule has 0 radical (unpaired) electrons. The summed E-state index contributed by atoms with van der Waals surface area (Å²) in [5.41, 5.74) is -2.20. The second-order valence-corrected chi connectivity index (χ2v) is 4.13. The Morgan fingerprint density at radius 1 is 0.625 bits per heavy atom. The molecule has 0 bridgehead atoms. The molecule has 24 heavy (non-hydrogen) atoms. The smallest absolute Gasteiger partial charge is 0.349 e. The van der Waals surface area contributed by atoms with Crippen LogP contribution in [0.15, 0.2) is 6.07 Å². The van der Waals surface area contributed by atoms with Crippen LogP contribution in [0.1, 0.15) is 10.4 Å². The van der Waals surface area contributed by atoms with Crippen LogP contribution >= 0.6 is 0 Å². The molecule has 2 rings (SSSR count). The lowest BCUT2D eigenvalue weighted by Crippen LogP contribution is -2.19. The van der Waals surface area contributed by atoms with Crippen molar-refractivity contribution in [3.63, 3.8) is 0 Å². The molecule has 0 saturated carbocycles. The molecule has 11 heteroatoms. The van der Waals surface area contributed by atoms with Crippen LogP contribution < -0.4 is 4.74 Å². The van der Waals surface area contributed by atoms with Crippen molar-refractivity contribution in [2.24, 2.45) is 0 Å². The van der Waals surface area contributed by atoms with Crippen LogP contribution in [0.3, 0.4) is 0 Å². The SMILES string of the molecule is O=C(Oc1c(F)c(F)cc(F)c1F)c1c(F)c(F)c([18F])c(F)c1F. The molecule has 0 aliphatic heterocycles. The van der Waals surface area contributed by atoms with Crippen LogP contribution in [0.25, 0.3) is 0 Å². The zero-order valence-electron chi connectivity index (χ0n) is 10.8. The minimum atomic E-state index is -2.62. The number of esters is 1. The van der Waals surface area contributed by atoms with E-state index in [0.717, 1.165) is 0 Å². The standard InChI is InChI=1S/C13HF9O2/c14-2-1-3(15)6(17)12(5(2)16)24-13(23)4-7(18)9(20)11(22)10(21)8(4)19/h1H/i22-1. The van der Waals surface area contributed by atoms with Crippen LogP contribution in [0.4, 0.5) is 39.5 Å². The Hall–Kier alpha value is -2.72. The van der Waals surface area contributed by atoms with Gasteiger partial charge in [0, 0.05) is 6.07 Å². The summed E-state index contributed by atoms with van der Waals surface area (Å²) in [7, 11) is 0. The summed E-state index contributed by atoms with van der Waals surface area (Å²) in [6.07, 6.45) is 0. The third-order valence-electron chi connectivity index (χ3n) is 2.68. The average Bonchev–Trinajstić information content (AvgIpc) is 2.53. The number of carbonyl (C=O) groups excluding carboxylic acids is 1. The van der Waals surface area contributed by atoms with Crippen LogP contribution in [-0.2, 0) is 0 Å². The number of benzene rings is 2. The highest BCUT2D eigenvalue weighted by Crippen LogP contribution is 2.29. The molecule has 0 fully saturated rings. The second kappa shape index (κ2) is 6.06. The number of halogens is 9. The van der Waals surface area contributed by atoms with Crippen LogP contribution in [0.2, 0.25) is 0 Å². The van der Waals surface area contributed by atoms with Crippen molar-refractivity contribution >= 4 is 5.97 Å². The minimum absolute atomic E-state index is 0.263. The zero-order valence-corrected chi connectivity index (χ0v) is 10.8. The number of hydrogen-bond acceptors (Lipinski definition) is 2. The normalized spacial score (nSPS) is 10.9. The molecule has 128 valence electrons. The predicted molar refractivity (Wildman–Crippen MR) is 57.5 cm³/mol. The lowest BCUT2D eigenvalue weighted by molar-refractivity contribution is 0.0703. The molecule has 0 aliphatic rings. The van der Waals surface area contributed by atoms with Crippen molar-refractivity contribution in [2.75, 3.05) is 0 Å². The Kier molecular flexibility index (Phi) is 4.45. The Morgan fingerprint density at radius 2 is 1.00 bits per heavy atom. The summed E-state index contributed by atoms with van der Waals surface area (Å²) in [6, 6.07) is -0.263. The van der Waals surface area contributed by atoms with Gasteiger partial charge < -0.3 is 4.74 Å². The highest BCUT2D eigenvalue weighted by atomic mass is 19.2. The Morgan fingerprint density at radius 3 is 1.42 bits per heavy atom. The third kappa shape index (κ3) is 2.65. The molecule has 0 aromatic heterocycles. The molecule has 0 amide bonds. The van der Waals surface area contributed by atoms with Gasteiger partial charge >= 0.3 is 5.97 Å². The lowest BCUT2D eigenvalue weighted by atomic mass is 10.1. The molecule has 2 aromatic rings. The first kappa shape index (κ1) is 17.6. The molecule has 0 N–H and O–H groups in total. The fourth-order valence-corrected chi connectivity index (χ4v) is 1.57.